The largest absolute Gasteiger partial charge is 0.240 e. The first-order chi connectivity index (χ1) is 7.89. The second-order valence-corrected chi connectivity index (χ2v) is 7.25. The molecule has 0 bridgehead atoms. The van der Waals surface area contributed by atoms with E-state index in [9.17, 15) is 8.42 Å². The van der Waals surface area contributed by atoms with Crippen molar-refractivity contribution in [2.45, 2.75) is 44.0 Å². The van der Waals surface area contributed by atoms with Gasteiger partial charge in [0.2, 0.25) is 10.0 Å². The van der Waals surface area contributed by atoms with Gasteiger partial charge in [0, 0.05) is 6.04 Å². The van der Waals surface area contributed by atoms with Crippen molar-refractivity contribution in [2.24, 2.45) is 5.41 Å². The molecule has 1 aliphatic carbocycles. The van der Waals surface area contributed by atoms with Crippen molar-refractivity contribution in [3.63, 3.8) is 0 Å². The van der Waals surface area contributed by atoms with Crippen molar-refractivity contribution in [3.8, 4) is 0 Å². The van der Waals surface area contributed by atoms with Crippen LogP contribution in [0.1, 0.15) is 33.1 Å². The maximum Gasteiger partial charge on any atom is 0.240 e. The fraction of sp³-hybridized carbons (Fsp3) is 0.538. The van der Waals surface area contributed by atoms with Gasteiger partial charge in [0.15, 0.2) is 0 Å². The molecule has 1 atom stereocenters. The van der Waals surface area contributed by atoms with Crippen LogP contribution in [0.3, 0.4) is 0 Å². The van der Waals surface area contributed by atoms with Crippen molar-refractivity contribution in [1.82, 2.24) is 4.72 Å². The molecule has 2 rings (SSSR count). The van der Waals surface area contributed by atoms with E-state index in [1.807, 2.05) is 6.07 Å². The SMILES string of the molecule is CC1(C)CCC(NS(=O)(=O)c2ccccc2)C1. The molecule has 0 aliphatic heterocycles. The first-order valence-corrected chi connectivity index (χ1v) is 7.45. The summed E-state index contributed by atoms with van der Waals surface area (Å²) in [4.78, 5) is 0.352. The summed E-state index contributed by atoms with van der Waals surface area (Å²) in [5.41, 5.74) is 0.254. The molecule has 0 radical (unpaired) electrons. The minimum absolute atomic E-state index is 0.0789. The summed E-state index contributed by atoms with van der Waals surface area (Å²) in [5.74, 6) is 0. The standard InChI is InChI=1S/C13H19NO2S/c1-13(2)9-8-11(10-13)14-17(15,16)12-6-4-3-5-7-12/h3-7,11,14H,8-10H2,1-2H3. The fourth-order valence-corrected chi connectivity index (χ4v) is 3.72. The molecule has 0 aromatic heterocycles. The zero-order valence-electron chi connectivity index (χ0n) is 10.3. The summed E-state index contributed by atoms with van der Waals surface area (Å²) in [6, 6.07) is 8.64. The maximum atomic E-state index is 12.1. The van der Waals surface area contributed by atoms with Gasteiger partial charge in [-0.3, -0.25) is 0 Å². The average Bonchev–Trinajstić information content (AvgIpc) is 2.58. The van der Waals surface area contributed by atoms with Crippen LogP contribution < -0.4 is 4.72 Å². The van der Waals surface area contributed by atoms with E-state index in [2.05, 4.69) is 18.6 Å². The molecule has 0 heterocycles. The van der Waals surface area contributed by atoms with Crippen molar-refractivity contribution >= 4 is 10.0 Å². The second-order valence-electron chi connectivity index (χ2n) is 5.54. The fourth-order valence-electron chi connectivity index (χ4n) is 2.42. The third kappa shape index (κ3) is 3.07. The summed E-state index contributed by atoms with van der Waals surface area (Å²) < 4.78 is 27.0. The molecule has 94 valence electrons. The Kier molecular flexibility index (Phi) is 3.27. The molecule has 0 amide bonds. The third-order valence-electron chi connectivity index (χ3n) is 3.34. The molecule has 1 saturated carbocycles. The highest BCUT2D eigenvalue weighted by atomic mass is 32.2. The Bertz CT molecular complexity index is 479. The smallest absolute Gasteiger partial charge is 0.208 e. The van der Waals surface area contributed by atoms with Crippen LogP contribution in [0, 0.1) is 5.41 Å². The molecular weight excluding hydrogens is 234 g/mol. The number of sulfonamides is 1. The lowest BCUT2D eigenvalue weighted by molar-refractivity contribution is 0.372. The van der Waals surface area contributed by atoms with Crippen molar-refractivity contribution in [2.75, 3.05) is 0 Å². The second kappa shape index (κ2) is 4.42. The van der Waals surface area contributed by atoms with E-state index in [0.29, 0.717) is 4.90 Å². The van der Waals surface area contributed by atoms with Crippen LogP contribution in [0.2, 0.25) is 0 Å². The van der Waals surface area contributed by atoms with Crippen LogP contribution in [0.15, 0.2) is 35.2 Å². The molecule has 0 spiro atoms. The zero-order chi connectivity index (χ0) is 12.5. The molecule has 0 saturated heterocycles. The minimum Gasteiger partial charge on any atom is -0.208 e. The summed E-state index contributed by atoms with van der Waals surface area (Å²) in [6.45, 7) is 4.37. The van der Waals surface area contributed by atoms with Gasteiger partial charge in [0.05, 0.1) is 4.90 Å². The number of benzene rings is 1. The van der Waals surface area contributed by atoms with Crippen LogP contribution in [0.5, 0.6) is 0 Å². The van der Waals surface area contributed by atoms with Crippen molar-refractivity contribution < 1.29 is 8.42 Å². The molecule has 4 heteroatoms. The normalized spacial score (nSPS) is 23.8. The van der Waals surface area contributed by atoms with Crippen LogP contribution >= 0.6 is 0 Å². The highest BCUT2D eigenvalue weighted by Gasteiger charge is 2.33. The predicted molar refractivity (Wildman–Crippen MR) is 68.2 cm³/mol. The van der Waals surface area contributed by atoms with Crippen LogP contribution in [-0.2, 0) is 10.0 Å². The molecule has 1 N–H and O–H groups in total. The van der Waals surface area contributed by atoms with Gasteiger partial charge in [-0.1, -0.05) is 32.0 Å². The average molecular weight is 253 g/mol. The number of hydrogen-bond donors (Lipinski definition) is 1. The van der Waals surface area contributed by atoms with Gasteiger partial charge < -0.3 is 0 Å². The highest BCUT2D eigenvalue weighted by Crippen LogP contribution is 2.37. The zero-order valence-corrected chi connectivity index (χ0v) is 11.1. The molecule has 17 heavy (non-hydrogen) atoms. The Labute approximate surface area is 103 Å². The van der Waals surface area contributed by atoms with Gasteiger partial charge in [-0.2, -0.15) is 0 Å². The van der Waals surface area contributed by atoms with Crippen LogP contribution in [0.4, 0.5) is 0 Å². The van der Waals surface area contributed by atoms with Gasteiger partial charge in [0.1, 0.15) is 0 Å². The monoisotopic (exact) mass is 253 g/mol. The van der Waals surface area contributed by atoms with Crippen LogP contribution in [-0.4, -0.2) is 14.5 Å². The van der Waals surface area contributed by atoms with E-state index in [4.69, 9.17) is 0 Å². The minimum atomic E-state index is -3.34. The van der Waals surface area contributed by atoms with E-state index in [1.54, 1.807) is 24.3 Å². The van der Waals surface area contributed by atoms with Crippen LogP contribution in [0.25, 0.3) is 0 Å². The summed E-state index contributed by atoms with van der Waals surface area (Å²) >= 11 is 0. The first kappa shape index (κ1) is 12.6. The number of hydrogen-bond acceptors (Lipinski definition) is 2. The van der Waals surface area contributed by atoms with E-state index >= 15 is 0 Å². The number of rotatable bonds is 3. The van der Waals surface area contributed by atoms with E-state index in [1.165, 1.54) is 0 Å². The molecule has 1 unspecified atom stereocenters. The highest BCUT2D eigenvalue weighted by molar-refractivity contribution is 7.89. The van der Waals surface area contributed by atoms with Crippen molar-refractivity contribution in [1.29, 1.82) is 0 Å². The summed E-state index contributed by atoms with van der Waals surface area (Å²) in [5, 5.41) is 0. The lowest BCUT2D eigenvalue weighted by atomic mass is 9.92. The molecule has 1 aromatic carbocycles. The predicted octanol–water partition coefficient (Wildman–Crippen LogP) is 2.54. The summed E-state index contributed by atoms with van der Waals surface area (Å²) in [7, 11) is -3.34. The van der Waals surface area contributed by atoms with Gasteiger partial charge in [-0.05, 0) is 36.8 Å². The Morgan fingerprint density at radius 2 is 1.88 bits per heavy atom. The van der Waals surface area contributed by atoms with Gasteiger partial charge in [-0.25, -0.2) is 13.1 Å². The molecule has 1 fully saturated rings. The third-order valence-corrected chi connectivity index (χ3v) is 4.88. The van der Waals surface area contributed by atoms with Gasteiger partial charge in [0.25, 0.3) is 0 Å². The Balaban J connectivity index is 2.09. The van der Waals surface area contributed by atoms with Gasteiger partial charge in [-0.15, -0.1) is 0 Å². The Hall–Kier alpha value is -0.870. The van der Waals surface area contributed by atoms with E-state index in [0.717, 1.165) is 19.3 Å². The number of nitrogens with one attached hydrogen (secondary N) is 1. The maximum absolute atomic E-state index is 12.1. The summed E-state index contributed by atoms with van der Waals surface area (Å²) in [6.07, 6.45) is 2.92. The lowest BCUT2D eigenvalue weighted by Crippen LogP contribution is -2.33. The van der Waals surface area contributed by atoms with E-state index < -0.39 is 10.0 Å². The van der Waals surface area contributed by atoms with Crippen molar-refractivity contribution in [3.05, 3.63) is 30.3 Å². The topological polar surface area (TPSA) is 46.2 Å². The Morgan fingerprint density at radius 1 is 1.24 bits per heavy atom. The lowest BCUT2D eigenvalue weighted by Gasteiger charge is -2.17. The quantitative estimate of drug-likeness (QED) is 0.899. The molecule has 3 nitrogen and oxygen atoms in total. The van der Waals surface area contributed by atoms with Gasteiger partial charge >= 0.3 is 0 Å². The Morgan fingerprint density at radius 3 is 2.41 bits per heavy atom. The molecule has 1 aliphatic rings. The van der Waals surface area contributed by atoms with E-state index in [-0.39, 0.29) is 11.5 Å². The first-order valence-electron chi connectivity index (χ1n) is 5.96. The molecule has 1 aromatic rings. The molecular formula is C13H19NO2S.